The number of ether oxygens (including phenoxy) is 1. The smallest absolute Gasteiger partial charge is 0.242 e. The van der Waals surface area contributed by atoms with Crippen LogP contribution in [0.15, 0.2) is 71.8 Å². The van der Waals surface area contributed by atoms with Gasteiger partial charge in [-0.05, 0) is 42.0 Å². The first-order valence-corrected chi connectivity index (χ1v) is 13.0. The molecule has 1 aliphatic rings. The Bertz CT molecular complexity index is 1220. The SMILES string of the molecule is COCc1ccc(-c2ncccc2N2CCN(CCN(C)S(=O)(=O)c3ccc(F)cc3)CC2)cc1.Cl. The third kappa shape index (κ3) is 6.60. The number of benzene rings is 2. The van der Waals surface area contributed by atoms with Crippen molar-refractivity contribution in [1.82, 2.24) is 14.2 Å². The fourth-order valence-electron chi connectivity index (χ4n) is 4.20. The van der Waals surface area contributed by atoms with Crippen LogP contribution in [0.2, 0.25) is 0 Å². The van der Waals surface area contributed by atoms with Gasteiger partial charge in [0.25, 0.3) is 0 Å². The van der Waals surface area contributed by atoms with Crippen molar-refractivity contribution >= 4 is 28.1 Å². The monoisotopic (exact) mass is 534 g/mol. The zero-order valence-corrected chi connectivity index (χ0v) is 22.1. The van der Waals surface area contributed by atoms with Crippen LogP contribution in [-0.4, -0.2) is 76.0 Å². The number of methoxy groups -OCH3 is 1. The van der Waals surface area contributed by atoms with E-state index in [1.165, 1.54) is 28.6 Å². The number of rotatable bonds is 9. The minimum Gasteiger partial charge on any atom is -0.380 e. The summed E-state index contributed by atoms with van der Waals surface area (Å²) in [7, 11) is -0.388. The maximum Gasteiger partial charge on any atom is 0.242 e. The summed E-state index contributed by atoms with van der Waals surface area (Å²) in [5.41, 5.74) is 4.24. The number of pyridine rings is 1. The molecule has 1 fully saturated rings. The summed E-state index contributed by atoms with van der Waals surface area (Å²) in [6.07, 6.45) is 1.82. The summed E-state index contributed by atoms with van der Waals surface area (Å²) in [5.74, 6) is -0.454. The van der Waals surface area contributed by atoms with Gasteiger partial charge in [0.15, 0.2) is 0 Å². The van der Waals surface area contributed by atoms with Crippen LogP contribution >= 0.6 is 12.4 Å². The molecule has 1 aliphatic heterocycles. The van der Waals surface area contributed by atoms with Gasteiger partial charge in [-0.25, -0.2) is 12.8 Å². The zero-order chi connectivity index (χ0) is 24.8. The molecule has 0 aliphatic carbocycles. The van der Waals surface area contributed by atoms with E-state index in [0.29, 0.717) is 19.7 Å². The Morgan fingerprint density at radius 2 is 1.67 bits per heavy atom. The quantitative estimate of drug-likeness (QED) is 0.415. The largest absolute Gasteiger partial charge is 0.380 e. The highest BCUT2D eigenvalue weighted by Crippen LogP contribution is 2.29. The van der Waals surface area contributed by atoms with E-state index in [0.717, 1.165) is 48.7 Å². The average Bonchev–Trinajstić information content (AvgIpc) is 2.88. The van der Waals surface area contributed by atoms with Gasteiger partial charge < -0.3 is 9.64 Å². The lowest BCUT2D eigenvalue weighted by Crippen LogP contribution is -2.48. The number of halogens is 2. The number of aromatic nitrogens is 1. The molecular weight excluding hydrogens is 503 g/mol. The predicted molar refractivity (Wildman–Crippen MR) is 143 cm³/mol. The Hall–Kier alpha value is -2.56. The summed E-state index contributed by atoms with van der Waals surface area (Å²) < 4.78 is 45.2. The van der Waals surface area contributed by atoms with E-state index in [-0.39, 0.29) is 17.3 Å². The molecule has 7 nitrogen and oxygen atoms in total. The molecule has 194 valence electrons. The van der Waals surface area contributed by atoms with Crippen LogP contribution in [-0.2, 0) is 21.4 Å². The molecular formula is C26H32ClFN4O3S. The normalized spacial score (nSPS) is 14.6. The standard InChI is InChI=1S/C26H31FN4O3S.ClH/c1-29(35(32,33)24-11-9-23(27)10-12-24)14-15-30-16-18-31(19-17-30)25-4-3-13-28-26(25)22-7-5-21(6-8-22)20-34-2;/h3-13H,14-20H2,1-2H3;1H. The van der Waals surface area contributed by atoms with E-state index < -0.39 is 15.8 Å². The first-order chi connectivity index (χ1) is 16.9. The first-order valence-electron chi connectivity index (χ1n) is 11.6. The van der Waals surface area contributed by atoms with Gasteiger partial charge in [-0.3, -0.25) is 9.88 Å². The van der Waals surface area contributed by atoms with Crippen molar-refractivity contribution in [2.75, 3.05) is 58.3 Å². The fourth-order valence-corrected chi connectivity index (χ4v) is 5.36. The van der Waals surface area contributed by atoms with Crippen LogP contribution in [0, 0.1) is 5.82 Å². The molecule has 0 bridgehead atoms. The molecule has 0 amide bonds. The summed E-state index contributed by atoms with van der Waals surface area (Å²) in [6, 6.07) is 17.3. The summed E-state index contributed by atoms with van der Waals surface area (Å²) in [4.78, 5) is 9.36. The third-order valence-corrected chi connectivity index (χ3v) is 8.16. The van der Waals surface area contributed by atoms with Gasteiger partial charge in [-0.15, -0.1) is 12.4 Å². The molecule has 1 aromatic heterocycles. The molecule has 1 saturated heterocycles. The molecule has 0 radical (unpaired) electrons. The Balaban J connectivity index is 0.00000361. The highest BCUT2D eigenvalue weighted by Gasteiger charge is 2.24. The van der Waals surface area contributed by atoms with Gasteiger partial charge in [0.1, 0.15) is 5.82 Å². The van der Waals surface area contributed by atoms with E-state index in [2.05, 4.69) is 45.1 Å². The average molecular weight is 535 g/mol. The van der Waals surface area contributed by atoms with Crippen LogP contribution in [0.5, 0.6) is 0 Å². The maximum atomic E-state index is 13.2. The van der Waals surface area contributed by atoms with Crippen molar-refractivity contribution in [3.8, 4) is 11.3 Å². The fraction of sp³-hybridized carbons (Fsp3) is 0.346. The van der Waals surface area contributed by atoms with Gasteiger partial charge in [0.2, 0.25) is 10.0 Å². The van der Waals surface area contributed by atoms with Crippen LogP contribution < -0.4 is 4.90 Å². The number of likely N-dealkylation sites (N-methyl/N-ethyl adjacent to an activating group) is 1. The summed E-state index contributed by atoms with van der Waals surface area (Å²) in [6.45, 7) is 4.88. The summed E-state index contributed by atoms with van der Waals surface area (Å²) >= 11 is 0. The lowest BCUT2D eigenvalue weighted by Gasteiger charge is -2.37. The second-order valence-electron chi connectivity index (χ2n) is 8.61. The van der Waals surface area contributed by atoms with Gasteiger partial charge >= 0.3 is 0 Å². The Morgan fingerprint density at radius 3 is 2.31 bits per heavy atom. The molecule has 36 heavy (non-hydrogen) atoms. The highest BCUT2D eigenvalue weighted by atomic mass is 35.5. The summed E-state index contributed by atoms with van der Waals surface area (Å²) in [5, 5.41) is 0. The van der Waals surface area contributed by atoms with E-state index in [1.54, 1.807) is 14.2 Å². The van der Waals surface area contributed by atoms with E-state index in [9.17, 15) is 12.8 Å². The van der Waals surface area contributed by atoms with Crippen molar-refractivity contribution in [3.05, 3.63) is 78.2 Å². The third-order valence-electron chi connectivity index (χ3n) is 6.29. The minimum atomic E-state index is -3.64. The van der Waals surface area contributed by atoms with Crippen LogP contribution in [0.25, 0.3) is 11.3 Å². The minimum absolute atomic E-state index is 0. The molecule has 3 aromatic rings. The number of hydrogen-bond donors (Lipinski definition) is 0. The number of sulfonamides is 1. The van der Waals surface area contributed by atoms with Gasteiger partial charge in [0.05, 0.1) is 22.9 Å². The number of hydrogen-bond acceptors (Lipinski definition) is 6. The van der Waals surface area contributed by atoms with E-state index in [1.807, 2.05) is 12.3 Å². The number of piperazine rings is 1. The van der Waals surface area contributed by atoms with Crippen LogP contribution in [0.1, 0.15) is 5.56 Å². The Kier molecular flexibility index (Phi) is 9.81. The molecule has 4 rings (SSSR count). The molecule has 0 N–H and O–H groups in total. The van der Waals surface area contributed by atoms with Crippen molar-refractivity contribution < 1.29 is 17.5 Å². The van der Waals surface area contributed by atoms with Gasteiger partial charge in [-0.2, -0.15) is 4.31 Å². The van der Waals surface area contributed by atoms with Crippen molar-refractivity contribution in [3.63, 3.8) is 0 Å². The highest BCUT2D eigenvalue weighted by molar-refractivity contribution is 7.89. The molecule has 10 heteroatoms. The van der Waals surface area contributed by atoms with E-state index >= 15 is 0 Å². The van der Waals surface area contributed by atoms with Crippen molar-refractivity contribution in [2.45, 2.75) is 11.5 Å². The molecule has 0 saturated carbocycles. The first kappa shape index (κ1) is 28.0. The molecule has 0 spiro atoms. The number of anilines is 1. The molecule has 0 unspecified atom stereocenters. The molecule has 2 heterocycles. The van der Waals surface area contributed by atoms with Gasteiger partial charge in [-0.1, -0.05) is 24.3 Å². The Morgan fingerprint density at radius 1 is 1.00 bits per heavy atom. The lowest BCUT2D eigenvalue weighted by molar-refractivity contribution is 0.185. The zero-order valence-electron chi connectivity index (χ0n) is 20.5. The van der Waals surface area contributed by atoms with Crippen molar-refractivity contribution in [2.24, 2.45) is 0 Å². The van der Waals surface area contributed by atoms with Gasteiger partial charge in [0, 0.05) is 65.2 Å². The lowest BCUT2D eigenvalue weighted by atomic mass is 10.1. The molecule has 0 atom stereocenters. The maximum absolute atomic E-state index is 13.2. The Labute approximate surface area is 219 Å². The predicted octanol–water partition coefficient (Wildman–Crippen LogP) is 3.90. The number of nitrogens with zero attached hydrogens (tertiary/aromatic N) is 4. The van der Waals surface area contributed by atoms with Crippen LogP contribution in [0.4, 0.5) is 10.1 Å². The van der Waals surface area contributed by atoms with Crippen LogP contribution in [0.3, 0.4) is 0 Å². The second kappa shape index (κ2) is 12.6. The van der Waals surface area contributed by atoms with Crippen molar-refractivity contribution in [1.29, 1.82) is 0 Å². The topological polar surface area (TPSA) is 66.0 Å². The second-order valence-corrected chi connectivity index (χ2v) is 10.7. The molecule has 2 aromatic carbocycles. The van der Waals surface area contributed by atoms with E-state index in [4.69, 9.17) is 4.74 Å².